The highest BCUT2D eigenvalue weighted by atomic mass is 19.3. The Morgan fingerprint density at radius 3 is 2.42 bits per heavy atom. The summed E-state index contributed by atoms with van der Waals surface area (Å²) >= 11 is 0. The van der Waals surface area contributed by atoms with Crippen molar-refractivity contribution in [3.05, 3.63) is 35.4 Å². The largest absolute Gasteiger partial charge is 0.459 e. The summed E-state index contributed by atoms with van der Waals surface area (Å²) < 4.78 is 77.9. The fourth-order valence-electron chi connectivity index (χ4n) is 1.11. The Morgan fingerprint density at radius 1 is 1.26 bits per heavy atom. The van der Waals surface area contributed by atoms with Gasteiger partial charge in [-0.05, 0) is 11.6 Å². The molecule has 0 aliphatic heterocycles. The molecule has 0 atom stereocenters. The highest BCUT2D eigenvalue weighted by Gasteiger charge is 2.42. The van der Waals surface area contributed by atoms with E-state index in [-0.39, 0.29) is 5.56 Å². The van der Waals surface area contributed by atoms with Gasteiger partial charge in [0.2, 0.25) is 0 Å². The molecular formula is C11H8F6O2. The molecule has 1 aromatic rings. The van der Waals surface area contributed by atoms with Crippen LogP contribution in [0.1, 0.15) is 5.56 Å². The summed E-state index contributed by atoms with van der Waals surface area (Å²) in [6.45, 7) is -1.80. The first kappa shape index (κ1) is 15.3. The van der Waals surface area contributed by atoms with Crippen molar-refractivity contribution in [2.24, 2.45) is 0 Å². The van der Waals surface area contributed by atoms with Crippen molar-refractivity contribution >= 4 is 5.97 Å². The second kappa shape index (κ2) is 5.94. The van der Waals surface area contributed by atoms with Gasteiger partial charge in [0, 0.05) is 6.07 Å². The number of rotatable bonds is 5. The smallest absolute Gasteiger partial charge is 0.340 e. The third kappa shape index (κ3) is 4.46. The van der Waals surface area contributed by atoms with E-state index >= 15 is 0 Å². The molecule has 1 aromatic carbocycles. The van der Waals surface area contributed by atoms with E-state index in [0.717, 1.165) is 12.1 Å². The SMILES string of the molecule is O=C(Cc1ccc(F)cc1F)OCC(F)(F)C(F)F. The minimum absolute atomic E-state index is 0.285. The number of hydrogen-bond acceptors (Lipinski definition) is 2. The number of carbonyl (C=O) groups excluding carboxylic acids is 1. The van der Waals surface area contributed by atoms with E-state index in [0.29, 0.717) is 6.07 Å². The molecule has 0 N–H and O–H groups in total. The average Bonchev–Trinajstić information content (AvgIpc) is 2.30. The van der Waals surface area contributed by atoms with Crippen molar-refractivity contribution in [1.82, 2.24) is 0 Å². The molecule has 0 saturated carbocycles. The van der Waals surface area contributed by atoms with Crippen molar-refractivity contribution in [1.29, 1.82) is 0 Å². The van der Waals surface area contributed by atoms with Gasteiger partial charge in [-0.2, -0.15) is 8.78 Å². The van der Waals surface area contributed by atoms with Gasteiger partial charge in [-0.3, -0.25) is 4.79 Å². The van der Waals surface area contributed by atoms with Crippen LogP contribution >= 0.6 is 0 Å². The van der Waals surface area contributed by atoms with Gasteiger partial charge >= 0.3 is 18.3 Å². The number of alkyl halides is 4. The Labute approximate surface area is 104 Å². The van der Waals surface area contributed by atoms with Gasteiger partial charge in [0.15, 0.2) is 6.61 Å². The van der Waals surface area contributed by atoms with Crippen molar-refractivity contribution in [3.63, 3.8) is 0 Å². The third-order valence-corrected chi connectivity index (χ3v) is 2.09. The molecule has 1 rings (SSSR count). The fourth-order valence-corrected chi connectivity index (χ4v) is 1.11. The first-order valence-corrected chi connectivity index (χ1v) is 4.98. The molecule has 19 heavy (non-hydrogen) atoms. The van der Waals surface area contributed by atoms with E-state index in [1.807, 2.05) is 0 Å². The number of ether oxygens (including phenoxy) is 1. The Balaban J connectivity index is 2.57. The number of hydrogen-bond donors (Lipinski definition) is 0. The maximum Gasteiger partial charge on any atom is 0.340 e. The number of carbonyl (C=O) groups is 1. The molecular weight excluding hydrogens is 278 g/mol. The zero-order valence-electron chi connectivity index (χ0n) is 9.31. The molecule has 0 amide bonds. The lowest BCUT2D eigenvalue weighted by atomic mass is 10.1. The summed E-state index contributed by atoms with van der Waals surface area (Å²) in [5, 5.41) is 0. The zero-order chi connectivity index (χ0) is 14.6. The molecule has 2 nitrogen and oxygen atoms in total. The van der Waals surface area contributed by atoms with Gasteiger partial charge in [-0.1, -0.05) is 6.07 Å². The van der Waals surface area contributed by atoms with Crippen LogP contribution in [0, 0.1) is 11.6 Å². The van der Waals surface area contributed by atoms with Crippen LogP contribution < -0.4 is 0 Å². The van der Waals surface area contributed by atoms with Gasteiger partial charge in [0.05, 0.1) is 6.42 Å². The summed E-state index contributed by atoms with van der Waals surface area (Å²) in [6.07, 6.45) is -4.73. The first-order chi connectivity index (χ1) is 8.72. The van der Waals surface area contributed by atoms with Crippen molar-refractivity contribution in [2.75, 3.05) is 6.61 Å². The monoisotopic (exact) mass is 286 g/mol. The molecule has 0 unspecified atom stereocenters. The summed E-state index contributed by atoms with van der Waals surface area (Å²) in [5.41, 5.74) is -0.285. The van der Waals surface area contributed by atoms with Gasteiger partial charge in [-0.15, -0.1) is 0 Å². The van der Waals surface area contributed by atoms with Crippen LogP contribution in [0.2, 0.25) is 0 Å². The van der Waals surface area contributed by atoms with Crippen LogP contribution in [-0.2, 0) is 16.0 Å². The standard InChI is InChI=1S/C11H8F6O2/c12-7-2-1-6(8(13)4-7)3-9(18)19-5-11(16,17)10(14)15/h1-2,4,10H,3,5H2. The van der Waals surface area contributed by atoms with Crippen LogP contribution in [0.25, 0.3) is 0 Å². The van der Waals surface area contributed by atoms with Crippen LogP contribution in [0.15, 0.2) is 18.2 Å². The summed E-state index contributed by atoms with van der Waals surface area (Å²) in [7, 11) is 0. The molecule has 0 aliphatic carbocycles. The van der Waals surface area contributed by atoms with Gasteiger partial charge in [0.25, 0.3) is 0 Å². The Bertz CT molecular complexity index is 460. The predicted molar refractivity (Wildman–Crippen MR) is 52.0 cm³/mol. The van der Waals surface area contributed by atoms with Crippen molar-refractivity contribution in [3.8, 4) is 0 Å². The topological polar surface area (TPSA) is 26.3 Å². The molecule has 0 radical (unpaired) electrons. The maximum absolute atomic E-state index is 13.1. The first-order valence-electron chi connectivity index (χ1n) is 4.98. The molecule has 106 valence electrons. The van der Waals surface area contributed by atoms with E-state index in [9.17, 15) is 31.1 Å². The van der Waals surface area contributed by atoms with Crippen molar-refractivity contribution < 1.29 is 35.9 Å². The highest BCUT2D eigenvalue weighted by Crippen LogP contribution is 2.23. The van der Waals surface area contributed by atoms with E-state index in [2.05, 4.69) is 4.74 Å². The van der Waals surface area contributed by atoms with Crippen LogP contribution in [0.3, 0.4) is 0 Å². The summed E-state index contributed by atoms with van der Waals surface area (Å²) in [4.78, 5) is 11.1. The van der Waals surface area contributed by atoms with E-state index in [1.54, 1.807) is 0 Å². The molecule has 0 aliphatic rings. The normalized spacial score (nSPS) is 11.7. The van der Waals surface area contributed by atoms with E-state index < -0.39 is 43.0 Å². The summed E-state index contributed by atoms with van der Waals surface area (Å²) in [6, 6.07) is 2.28. The Kier molecular flexibility index (Phi) is 4.79. The number of esters is 1. The average molecular weight is 286 g/mol. The van der Waals surface area contributed by atoms with E-state index in [4.69, 9.17) is 0 Å². The zero-order valence-corrected chi connectivity index (χ0v) is 9.31. The molecule has 0 aromatic heterocycles. The molecule has 0 saturated heterocycles. The van der Waals surface area contributed by atoms with Crippen LogP contribution in [-0.4, -0.2) is 24.9 Å². The molecule has 0 spiro atoms. The minimum Gasteiger partial charge on any atom is -0.459 e. The summed E-state index contributed by atoms with van der Waals surface area (Å²) in [5.74, 6) is -7.71. The minimum atomic E-state index is -4.46. The molecule has 0 heterocycles. The van der Waals surface area contributed by atoms with Gasteiger partial charge in [-0.25, -0.2) is 17.6 Å². The van der Waals surface area contributed by atoms with Gasteiger partial charge in [0.1, 0.15) is 11.6 Å². The predicted octanol–water partition coefficient (Wildman–Crippen LogP) is 2.95. The number of benzene rings is 1. The quantitative estimate of drug-likeness (QED) is 0.614. The lowest BCUT2D eigenvalue weighted by Crippen LogP contribution is -2.33. The Hall–Kier alpha value is -1.73. The maximum atomic E-state index is 13.1. The third-order valence-electron chi connectivity index (χ3n) is 2.09. The van der Waals surface area contributed by atoms with Crippen LogP contribution in [0.4, 0.5) is 26.3 Å². The number of halogens is 6. The lowest BCUT2D eigenvalue weighted by Gasteiger charge is -2.15. The van der Waals surface area contributed by atoms with Crippen LogP contribution in [0.5, 0.6) is 0 Å². The molecule has 0 fully saturated rings. The lowest BCUT2D eigenvalue weighted by molar-refractivity contribution is -0.179. The molecule has 8 heteroatoms. The fraction of sp³-hybridized carbons (Fsp3) is 0.364. The highest BCUT2D eigenvalue weighted by molar-refractivity contribution is 5.72. The second-order valence-corrected chi connectivity index (χ2v) is 3.63. The second-order valence-electron chi connectivity index (χ2n) is 3.63. The van der Waals surface area contributed by atoms with Gasteiger partial charge < -0.3 is 4.74 Å². The molecule has 0 bridgehead atoms. The van der Waals surface area contributed by atoms with Crippen molar-refractivity contribution in [2.45, 2.75) is 18.8 Å². The van der Waals surface area contributed by atoms with E-state index in [1.165, 1.54) is 0 Å². The Morgan fingerprint density at radius 2 is 1.89 bits per heavy atom.